The Morgan fingerprint density at radius 1 is 1.33 bits per heavy atom. The molecule has 4 heteroatoms. The number of benzene rings is 1. The molecule has 1 aromatic rings. The van der Waals surface area contributed by atoms with E-state index in [1.807, 2.05) is 44.2 Å². The van der Waals surface area contributed by atoms with Crippen molar-refractivity contribution in [2.45, 2.75) is 32.4 Å². The van der Waals surface area contributed by atoms with Crippen LogP contribution in [0.2, 0.25) is 0 Å². The zero-order valence-corrected chi connectivity index (χ0v) is 11.0. The molecule has 2 unspecified atom stereocenters. The maximum atomic E-state index is 11.6. The Morgan fingerprint density at radius 3 is 2.61 bits per heavy atom. The van der Waals surface area contributed by atoms with Gasteiger partial charge in [-0.15, -0.1) is 0 Å². The highest BCUT2D eigenvalue weighted by Crippen LogP contribution is 2.14. The molecule has 0 heterocycles. The van der Waals surface area contributed by atoms with Crippen LogP contribution >= 0.6 is 0 Å². The molecular weight excluding hydrogens is 230 g/mol. The molecule has 1 rings (SSSR count). The highest BCUT2D eigenvalue weighted by atomic mass is 16.6. The van der Waals surface area contributed by atoms with Gasteiger partial charge in [-0.25, -0.2) is 0 Å². The number of carbonyl (C=O) groups excluding carboxylic acids is 1. The van der Waals surface area contributed by atoms with Gasteiger partial charge >= 0.3 is 5.97 Å². The van der Waals surface area contributed by atoms with E-state index in [4.69, 9.17) is 15.2 Å². The molecule has 0 aliphatic heterocycles. The summed E-state index contributed by atoms with van der Waals surface area (Å²) in [5, 5.41) is 0. The third-order valence-electron chi connectivity index (χ3n) is 2.50. The lowest BCUT2D eigenvalue weighted by atomic mass is 10.1. The van der Waals surface area contributed by atoms with Crippen molar-refractivity contribution >= 4 is 5.97 Å². The summed E-state index contributed by atoms with van der Waals surface area (Å²) in [6.45, 7) is 4.75. The smallest absolute Gasteiger partial charge is 0.308 e. The molecule has 100 valence electrons. The lowest BCUT2D eigenvalue weighted by Gasteiger charge is -2.15. The molecule has 0 spiro atoms. The largest absolute Gasteiger partial charge is 0.460 e. The fourth-order valence-electron chi connectivity index (χ4n) is 1.59. The normalized spacial score (nSPS) is 13.9. The number of rotatable bonds is 7. The second-order valence-corrected chi connectivity index (χ2v) is 4.18. The summed E-state index contributed by atoms with van der Waals surface area (Å²) < 4.78 is 10.4. The summed E-state index contributed by atoms with van der Waals surface area (Å²) in [6.07, 6.45) is -0.0547. The molecule has 0 aliphatic rings. The highest BCUT2D eigenvalue weighted by molar-refractivity contribution is 5.70. The molecule has 0 saturated carbocycles. The molecule has 0 amide bonds. The Hall–Kier alpha value is -1.39. The lowest BCUT2D eigenvalue weighted by Crippen LogP contribution is -2.23. The van der Waals surface area contributed by atoms with E-state index in [9.17, 15) is 4.79 Å². The average Bonchev–Trinajstić information content (AvgIpc) is 2.37. The molecule has 0 bridgehead atoms. The Labute approximate surface area is 108 Å². The number of ether oxygens (including phenoxy) is 2. The second-order valence-electron chi connectivity index (χ2n) is 4.18. The van der Waals surface area contributed by atoms with Crippen molar-refractivity contribution in [1.29, 1.82) is 0 Å². The zero-order chi connectivity index (χ0) is 13.4. The van der Waals surface area contributed by atoms with E-state index in [1.165, 1.54) is 0 Å². The number of esters is 1. The predicted molar refractivity (Wildman–Crippen MR) is 70.0 cm³/mol. The lowest BCUT2D eigenvalue weighted by molar-refractivity contribution is -0.151. The number of carbonyl (C=O) groups is 1. The molecule has 18 heavy (non-hydrogen) atoms. The van der Waals surface area contributed by atoms with Crippen molar-refractivity contribution < 1.29 is 14.3 Å². The fraction of sp³-hybridized carbons (Fsp3) is 0.500. The standard InChI is InChI=1S/C14H21NO3/c1-3-17-10-11(2)18-14(16)9-13(15)12-7-5-4-6-8-12/h4-8,11,13H,3,9-10,15H2,1-2H3. The molecule has 0 aromatic heterocycles. The van der Waals surface area contributed by atoms with Gasteiger partial charge in [0.25, 0.3) is 0 Å². The van der Waals surface area contributed by atoms with Crippen LogP contribution in [0.3, 0.4) is 0 Å². The van der Waals surface area contributed by atoms with Crippen LogP contribution in [-0.2, 0) is 14.3 Å². The molecule has 0 aliphatic carbocycles. The summed E-state index contributed by atoms with van der Waals surface area (Å²) >= 11 is 0. The van der Waals surface area contributed by atoms with E-state index < -0.39 is 0 Å². The second kappa shape index (κ2) is 7.84. The van der Waals surface area contributed by atoms with Crippen molar-refractivity contribution in [1.82, 2.24) is 0 Å². The quantitative estimate of drug-likeness (QED) is 0.753. The summed E-state index contributed by atoms with van der Waals surface area (Å²) in [4.78, 5) is 11.6. The fourth-order valence-corrected chi connectivity index (χ4v) is 1.59. The third-order valence-corrected chi connectivity index (χ3v) is 2.50. The van der Waals surface area contributed by atoms with E-state index in [0.717, 1.165) is 5.56 Å². The minimum absolute atomic E-state index is 0.181. The van der Waals surface area contributed by atoms with Crippen LogP contribution in [0.1, 0.15) is 31.9 Å². The Kier molecular flexibility index (Phi) is 6.39. The van der Waals surface area contributed by atoms with Crippen molar-refractivity contribution in [3.63, 3.8) is 0 Å². The van der Waals surface area contributed by atoms with Gasteiger partial charge in [-0.3, -0.25) is 4.79 Å². The van der Waals surface area contributed by atoms with Gasteiger partial charge in [0.1, 0.15) is 6.10 Å². The van der Waals surface area contributed by atoms with Crippen molar-refractivity contribution in [3.05, 3.63) is 35.9 Å². The van der Waals surface area contributed by atoms with E-state index >= 15 is 0 Å². The van der Waals surface area contributed by atoms with E-state index in [1.54, 1.807) is 0 Å². The van der Waals surface area contributed by atoms with Gasteiger partial charge < -0.3 is 15.2 Å². The molecule has 1 aromatic carbocycles. The van der Waals surface area contributed by atoms with Gasteiger partial charge in [0.05, 0.1) is 13.0 Å². The number of nitrogens with two attached hydrogens (primary N) is 1. The Balaban J connectivity index is 2.36. The van der Waals surface area contributed by atoms with E-state index in [2.05, 4.69) is 0 Å². The van der Waals surface area contributed by atoms with Gasteiger partial charge in [-0.1, -0.05) is 30.3 Å². The summed E-state index contributed by atoms with van der Waals surface area (Å²) in [5.41, 5.74) is 6.88. The van der Waals surface area contributed by atoms with Crippen LogP contribution in [0.4, 0.5) is 0 Å². The Morgan fingerprint density at radius 2 is 2.00 bits per heavy atom. The Bertz CT molecular complexity index is 353. The minimum atomic E-state index is -0.321. The summed E-state index contributed by atoms with van der Waals surface area (Å²) in [7, 11) is 0. The summed E-state index contributed by atoms with van der Waals surface area (Å²) in [5.74, 6) is -0.293. The number of hydrogen-bond donors (Lipinski definition) is 1. The topological polar surface area (TPSA) is 61.5 Å². The first-order valence-corrected chi connectivity index (χ1v) is 6.21. The van der Waals surface area contributed by atoms with Crippen molar-refractivity contribution in [3.8, 4) is 0 Å². The van der Waals surface area contributed by atoms with Crippen molar-refractivity contribution in [2.75, 3.05) is 13.2 Å². The molecule has 2 N–H and O–H groups in total. The molecule has 4 nitrogen and oxygen atoms in total. The van der Waals surface area contributed by atoms with Crippen LogP contribution < -0.4 is 5.73 Å². The molecule has 0 saturated heterocycles. The molecular formula is C14H21NO3. The van der Waals surface area contributed by atoms with E-state index in [0.29, 0.717) is 13.2 Å². The first kappa shape index (κ1) is 14.7. The molecule has 2 atom stereocenters. The molecule has 0 radical (unpaired) electrons. The maximum absolute atomic E-state index is 11.6. The van der Waals surface area contributed by atoms with Crippen LogP contribution in [0, 0.1) is 0 Å². The predicted octanol–water partition coefficient (Wildman–Crippen LogP) is 2.04. The maximum Gasteiger partial charge on any atom is 0.308 e. The molecule has 0 fully saturated rings. The van der Waals surface area contributed by atoms with Crippen LogP contribution in [-0.4, -0.2) is 25.3 Å². The SMILES string of the molecule is CCOCC(C)OC(=O)CC(N)c1ccccc1. The van der Waals surface area contributed by atoms with Crippen LogP contribution in [0.15, 0.2) is 30.3 Å². The zero-order valence-electron chi connectivity index (χ0n) is 11.0. The first-order valence-electron chi connectivity index (χ1n) is 6.21. The van der Waals surface area contributed by atoms with E-state index in [-0.39, 0.29) is 24.5 Å². The number of hydrogen-bond acceptors (Lipinski definition) is 4. The van der Waals surface area contributed by atoms with Gasteiger partial charge in [-0.05, 0) is 19.4 Å². The van der Waals surface area contributed by atoms with Crippen LogP contribution in [0.5, 0.6) is 0 Å². The van der Waals surface area contributed by atoms with Gasteiger partial charge in [0.15, 0.2) is 0 Å². The van der Waals surface area contributed by atoms with Gasteiger partial charge in [0, 0.05) is 12.6 Å². The van der Waals surface area contributed by atoms with Gasteiger partial charge in [0.2, 0.25) is 0 Å². The first-order chi connectivity index (χ1) is 8.63. The summed E-state index contributed by atoms with van der Waals surface area (Å²) in [6, 6.07) is 9.20. The minimum Gasteiger partial charge on any atom is -0.460 e. The van der Waals surface area contributed by atoms with Crippen LogP contribution in [0.25, 0.3) is 0 Å². The third kappa shape index (κ3) is 5.29. The van der Waals surface area contributed by atoms with Gasteiger partial charge in [-0.2, -0.15) is 0 Å². The monoisotopic (exact) mass is 251 g/mol. The highest BCUT2D eigenvalue weighted by Gasteiger charge is 2.15. The average molecular weight is 251 g/mol. The van der Waals surface area contributed by atoms with Crippen molar-refractivity contribution in [2.24, 2.45) is 5.73 Å².